The van der Waals surface area contributed by atoms with Gasteiger partial charge in [0.25, 0.3) is 0 Å². The van der Waals surface area contributed by atoms with Crippen LogP contribution >= 0.6 is 0 Å². The number of allylic oxidation sites excluding steroid dienone is 4. The molecule has 0 atom stereocenters. The van der Waals surface area contributed by atoms with E-state index in [2.05, 4.69) is 82.6 Å². The van der Waals surface area contributed by atoms with E-state index >= 15 is 0 Å². The maximum atomic E-state index is 2.50. The second-order valence-electron chi connectivity index (χ2n) is 15.5. The fraction of sp³-hybridized carbons (Fsp3) is 0.783. The van der Waals surface area contributed by atoms with Crippen molar-refractivity contribution in [2.24, 2.45) is 0 Å². The Balaban J connectivity index is 2.19. The summed E-state index contributed by atoms with van der Waals surface area (Å²) < 4.78 is 1.14. The third-order valence-corrected chi connectivity index (χ3v) is 10.5. The van der Waals surface area contributed by atoms with Crippen molar-refractivity contribution < 1.29 is 4.48 Å². The lowest BCUT2D eigenvalue weighted by molar-refractivity contribution is -0.928. The Morgan fingerprint density at radius 3 is 1.11 bits per heavy atom. The summed E-state index contributed by atoms with van der Waals surface area (Å²) >= 11 is 0. The molecule has 1 rings (SSSR count). The van der Waals surface area contributed by atoms with Crippen LogP contribution in [0.25, 0.3) is 0 Å². The molecule has 0 spiro atoms. The van der Waals surface area contributed by atoms with E-state index in [0.29, 0.717) is 0 Å². The van der Waals surface area contributed by atoms with Gasteiger partial charge in [-0.05, 0) is 77.0 Å². The van der Waals surface area contributed by atoms with Crippen LogP contribution in [0.5, 0.6) is 0 Å². The average molecular weight is 651 g/mol. The van der Waals surface area contributed by atoms with Crippen LogP contribution in [0, 0.1) is 0 Å². The lowest BCUT2D eigenvalue weighted by atomic mass is 9.96. The van der Waals surface area contributed by atoms with Crippen LogP contribution in [0.3, 0.4) is 0 Å². The van der Waals surface area contributed by atoms with Crippen LogP contribution in [0.1, 0.15) is 212 Å². The topological polar surface area (TPSA) is 0 Å². The van der Waals surface area contributed by atoms with Gasteiger partial charge in [0.15, 0.2) is 0 Å². The van der Waals surface area contributed by atoms with E-state index in [0.717, 1.165) is 17.1 Å². The van der Waals surface area contributed by atoms with Gasteiger partial charge in [0.05, 0.1) is 20.1 Å². The molecule has 0 radical (unpaired) electrons. The van der Waals surface area contributed by atoms with Gasteiger partial charge in [-0.1, -0.05) is 184 Å². The first-order valence-electron chi connectivity index (χ1n) is 21.3. The van der Waals surface area contributed by atoms with Crippen LogP contribution < -0.4 is 0 Å². The molecule has 0 amide bonds. The van der Waals surface area contributed by atoms with E-state index in [4.69, 9.17) is 0 Å². The monoisotopic (exact) mass is 651 g/mol. The molecule has 0 aliphatic carbocycles. The summed E-state index contributed by atoms with van der Waals surface area (Å²) in [6.45, 7) is 5.76. The molecule has 0 bridgehead atoms. The predicted molar refractivity (Wildman–Crippen MR) is 214 cm³/mol. The molecule has 0 aromatic heterocycles. The Morgan fingerprint density at radius 1 is 0.426 bits per heavy atom. The third-order valence-electron chi connectivity index (χ3n) is 10.5. The standard InChI is InChI=1S/C46H84N/c1-5-7-9-11-13-15-17-19-21-23-25-27-29-31-33-38-42-46(47(3,4)44-45-40-36-35-37-41-45)43-39-34-32-30-28-26-24-22-20-18-16-14-12-10-8-6-2/h19-22,35-37,40-41,46H,5-18,23-34,38-39,42-44H2,1-4H3/q+1. The molecule has 0 heterocycles. The largest absolute Gasteiger partial charge is 0.322 e. The van der Waals surface area contributed by atoms with Crippen LogP contribution in [0.15, 0.2) is 54.6 Å². The lowest BCUT2D eigenvalue weighted by Crippen LogP contribution is -2.48. The normalized spacial score (nSPS) is 12.9. The van der Waals surface area contributed by atoms with Crippen LogP contribution in [-0.2, 0) is 6.54 Å². The first kappa shape index (κ1) is 43.7. The second-order valence-corrected chi connectivity index (χ2v) is 15.5. The van der Waals surface area contributed by atoms with Gasteiger partial charge in [-0.25, -0.2) is 0 Å². The van der Waals surface area contributed by atoms with E-state index in [9.17, 15) is 0 Å². The lowest BCUT2D eigenvalue weighted by Gasteiger charge is -2.39. The van der Waals surface area contributed by atoms with Crippen molar-refractivity contribution in [1.82, 2.24) is 0 Å². The minimum Gasteiger partial charge on any atom is -0.322 e. The number of quaternary nitrogens is 1. The van der Waals surface area contributed by atoms with Gasteiger partial charge in [0, 0.05) is 5.56 Å². The van der Waals surface area contributed by atoms with Crippen molar-refractivity contribution in [2.75, 3.05) is 14.1 Å². The molecule has 0 fully saturated rings. The smallest absolute Gasteiger partial charge is 0.104 e. The Kier molecular flexibility index (Phi) is 30.8. The fourth-order valence-corrected chi connectivity index (χ4v) is 7.28. The molecule has 0 N–H and O–H groups in total. The molecule has 0 aliphatic heterocycles. The summed E-state index contributed by atoms with van der Waals surface area (Å²) in [6, 6.07) is 12.0. The van der Waals surface area contributed by atoms with Gasteiger partial charge >= 0.3 is 0 Å². The molecular formula is C46H84N+. The number of benzene rings is 1. The zero-order valence-electron chi connectivity index (χ0n) is 32.6. The number of hydrogen-bond acceptors (Lipinski definition) is 0. The maximum Gasteiger partial charge on any atom is 0.104 e. The van der Waals surface area contributed by atoms with Crippen LogP contribution in [0.2, 0.25) is 0 Å². The van der Waals surface area contributed by atoms with E-state index in [1.54, 1.807) is 0 Å². The minimum absolute atomic E-state index is 0.781. The van der Waals surface area contributed by atoms with Gasteiger partial charge < -0.3 is 4.48 Å². The van der Waals surface area contributed by atoms with Crippen LogP contribution in [-0.4, -0.2) is 24.6 Å². The molecule has 0 unspecified atom stereocenters. The Hall–Kier alpha value is -1.34. The first-order valence-corrected chi connectivity index (χ1v) is 21.3. The number of unbranched alkanes of at least 4 members (excludes halogenated alkanes) is 24. The maximum absolute atomic E-state index is 2.50. The summed E-state index contributed by atoms with van der Waals surface area (Å²) in [7, 11) is 5.00. The Labute approximate surface area is 297 Å². The van der Waals surface area contributed by atoms with Crippen molar-refractivity contribution in [2.45, 2.75) is 219 Å². The SMILES string of the molecule is CCCCCCCCC=CCCCCCCCCC(CCCCCCCCC=CCCCCCCCC)[N+](C)(C)Cc1ccccc1. The van der Waals surface area contributed by atoms with E-state index < -0.39 is 0 Å². The molecular weight excluding hydrogens is 567 g/mol. The Bertz CT molecular complexity index is 764. The van der Waals surface area contributed by atoms with Gasteiger partial charge in [-0.3, -0.25) is 0 Å². The molecule has 272 valence electrons. The van der Waals surface area contributed by atoms with Crippen molar-refractivity contribution in [3.63, 3.8) is 0 Å². The van der Waals surface area contributed by atoms with Gasteiger partial charge in [0.2, 0.25) is 0 Å². The average Bonchev–Trinajstić information content (AvgIpc) is 3.07. The second kappa shape index (κ2) is 33.2. The zero-order chi connectivity index (χ0) is 33.9. The Morgan fingerprint density at radius 2 is 0.745 bits per heavy atom. The highest BCUT2D eigenvalue weighted by Crippen LogP contribution is 2.25. The number of nitrogens with zero attached hydrogens (tertiary/aromatic N) is 1. The summed E-state index contributed by atoms with van der Waals surface area (Å²) in [5.41, 5.74) is 1.49. The molecule has 1 heteroatoms. The minimum atomic E-state index is 0.781. The molecule has 1 aromatic rings. The van der Waals surface area contributed by atoms with E-state index in [-0.39, 0.29) is 0 Å². The van der Waals surface area contributed by atoms with Crippen molar-refractivity contribution >= 4 is 0 Å². The summed E-state index contributed by atoms with van der Waals surface area (Å²) in [5.74, 6) is 0. The first-order chi connectivity index (χ1) is 23.1. The quantitative estimate of drug-likeness (QED) is 0.0389. The zero-order valence-corrected chi connectivity index (χ0v) is 32.6. The van der Waals surface area contributed by atoms with E-state index in [1.165, 1.54) is 198 Å². The molecule has 47 heavy (non-hydrogen) atoms. The molecule has 1 aromatic carbocycles. The molecule has 0 aliphatic rings. The predicted octanol–water partition coefficient (Wildman–Crippen LogP) is 15.5. The summed E-state index contributed by atoms with van der Waals surface area (Å²) in [6.07, 6.45) is 51.6. The van der Waals surface area contributed by atoms with Gasteiger partial charge in [0.1, 0.15) is 6.54 Å². The fourth-order valence-electron chi connectivity index (χ4n) is 7.28. The number of hydrogen-bond donors (Lipinski definition) is 0. The molecule has 1 nitrogen and oxygen atoms in total. The highest BCUT2D eigenvalue weighted by atomic mass is 15.3. The highest BCUT2D eigenvalue weighted by molar-refractivity contribution is 5.13. The van der Waals surface area contributed by atoms with Gasteiger partial charge in [-0.2, -0.15) is 0 Å². The van der Waals surface area contributed by atoms with Crippen molar-refractivity contribution in [1.29, 1.82) is 0 Å². The summed E-state index contributed by atoms with van der Waals surface area (Å²) in [4.78, 5) is 0. The highest BCUT2D eigenvalue weighted by Gasteiger charge is 2.27. The van der Waals surface area contributed by atoms with E-state index in [1.807, 2.05) is 0 Å². The third kappa shape index (κ3) is 28.2. The summed E-state index contributed by atoms with van der Waals surface area (Å²) in [5, 5.41) is 0. The van der Waals surface area contributed by atoms with Crippen LogP contribution in [0.4, 0.5) is 0 Å². The molecule has 0 saturated heterocycles. The van der Waals surface area contributed by atoms with Crippen molar-refractivity contribution in [3.8, 4) is 0 Å². The number of rotatable bonds is 35. The molecule has 0 saturated carbocycles. The van der Waals surface area contributed by atoms with Crippen molar-refractivity contribution in [3.05, 3.63) is 60.2 Å². The van der Waals surface area contributed by atoms with Gasteiger partial charge in [-0.15, -0.1) is 0 Å².